The lowest BCUT2D eigenvalue weighted by Gasteiger charge is -2.10. The van der Waals surface area contributed by atoms with E-state index >= 15 is 0 Å². The molecule has 1 heterocycles. The molecule has 8 nitrogen and oxygen atoms in total. The number of hydrogen-bond donors (Lipinski definition) is 2. The Bertz CT molecular complexity index is 392. The van der Waals surface area contributed by atoms with Crippen LogP contribution in [0.2, 0.25) is 0 Å². The molecule has 0 aliphatic rings. The molecule has 8 heteroatoms. The van der Waals surface area contributed by atoms with Crippen molar-refractivity contribution >= 4 is 11.9 Å². The Labute approximate surface area is 125 Å². The van der Waals surface area contributed by atoms with Gasteiger partial charge in [0.2, 0.25) is 11.9 Å². The maximum absolute atomic E-state index is 5.45. The van der Waals surface area contributed by atoms with Crippen molar-refractivity contribution in [3.8, 4) is 6.01 Å². The molecule has 1 aromatic heterocycles. The molecule has 0 aliphatic carbocycles. The molecule has 1 aromatic rings. The van der Waals surface area contributed by atoms with Gasteiger partial charge in [-0.2, -0.15) is 15.0 Å². The average Bonchev–Trinajstić information content (AvgIpc) is 2.49. The van der Waals surface area contributed by atoms with E-state index in [2.05, 4.69) is 25.6 Å². The number of nitrogens with one attached hydrogen (secondary N) is 2. The normalized spacial score (nSPS) is 10.4. The van der Waals surface area contributed by atoms with Gasteiger partial charge in [-0.3, -0.25) is 0 Å². The summed E-state index contributed by atoms with van der Waals surface area (Å²) >= 11 is 0. The highest BCUT2D eigenvalue weighted by Gasteiger charge is 2.06. The minimum absolute atomic E-state index is 0.325. The maximum Gasteiger partial charge on any atom is 0.323 e. The molecule has 0 fully saturated rings. The third kappa shape index (κ3) is 7.62. The Balaban J connectivity index is 2.48. The molecule has 1 rings (SSSR count). The summed E-state index contributed by atoms with van der Waals surface area (Å²) in [6.45, 7) is 7.64. The highest BCUT2D eigenvalue weighted by molar-refractivity contribution is 5.35. The van der Waals surface area contributed by atoms with Crippen LogP contribution in [0.1, 0.15) is 20.3 Å². The van der Waals surface area contributed by atoms with Crippen LogP contribution in [0.25, 0.3) is 0 Å². The fourth-order valence-electron chi connectivity index (χ4n) is 1.41. The van der Waals surface area contributed by atoms with Gasteiger partial charge in [0, 0.05) is 20.2 Å². The van der Waals surface area contributed by atoms with Gasteiger partial charge in [0.1, 0.15) is 0 Å². The van der Waals surface area contributed by atoms with Gasteiger partial charge in [0.15, 0.2) is 0 Å². The lowest BCUT2D eigenvalue weighted by molar-refractivity contribution is 0.0758. The summed E-state index contributed by atoms with van der Waals surface area (Å²) in [5.41, 5.74) is 0. The number of ether oxygens (including phenoxy) is 3. The maximum atomic E-state index is 5.45. The molecule has 0 spiro atoms. The van der Waals surface area contributed by atoms with Crippen LogP contribution in [-0.4, -0.2) is 61.6 Å². The minimum atomic E-state index is 0.325. The summed E-state index contributed by atoms with van der Waals surface area (Å²) in [6.07, 6.45) is 0.901. The molecule has 0 atom stereocenters. The Morgan fingerprint density at radius 1 is 0.905 bits per heavy atom. The van der Waals surface area contributed by atoms with Crippen LogP contribution in [0.15, 0.2) is 0 Å². The summed E-state index contributed by atoms with van der Waals surface area (Å²) in [5, 5.41) is 6.14. The van der Waals surface area contributed by atoms with E-state index in [-0.39, 0.29) is 0 Å². The first-order valence-electron chi connectivity index (χ1n) is 7.23. The largest absolute Gasteiger partial charge is 0.463 e. The number of anilines is 2. The Morgan fingerprint density at radius 3 is 2.33 bits per heavy atom. The highest BCUT2D eigenvalue weighted by atomic mass is 16.5. The topological polar surface area (TPSA) is 90.4 Å². The second-order valence-corrected chi connectivity index (χ2v) is 4.18. The van der Waals surface area contributed by atoms with E-state index in [4.69, 9.17) is 14.2 Å². The van der Waals surface area contributed by atoms with E-state index in [1.54, 1.807) is 7.11 Å². The molecule has 0 aliphatic heterocycles. The van der Waals surface area contributed by atoms with Crippen molar-refractivity contribution in [2.24, 2.45) is 0 Å². The number of methoxy groups -OCH3 is 1. The van der Waals surface area contributed by atoms with Gasteiger partial charge in [-0.15, -0.1) is 0 Å². The monoisotopic (exact) mass is 299 g/mol. The van der Waals surface area contributed by atoms with E-state index in [1.165, 1.54) is 0 Å². The summed E-state index contributed by atoms with van der Waals surface area (Å²) < 4.78 is 15.7. The molecule has 120 valence electrons. The molecule has 21 heavy (non-hydrogen) atoms. The Morgan fingerprint density at radius 2 is 1.67 bits per heavy atom. The van der Waals surface area contributed by atoms with E-state index < -0.39 is 0 Å². The van der Waals surface area contributed by atoms with Crippen molar-refractivity contribution < 1.29 is 14.2 Å². The molecule has 0 aromatic carbocycles. The number of hydrogen-bond acceptors (Lipinski definition) is 8. The molecule has 0 amide bonds. The third-order valence-corrected chi connectivity index (χ3v) is 2.35. The van der Waals surface area contributed by atoms with Gasteiger partial charge >= 0.3 is 6.01 Å². The molecule has 0 unspecified atom stereocenters. The van der Waals surface area contributed by atoms with Gasteiger partial charge in [-0.05, 0) is 13.3 Å². The first-order chi connectivity index (χ1) is 10.3. The fraction of sp³-hybridized carbons (Fsp3) is 0.769. The summed E-state index contributed by atoms with van der Waals surface area (Å²) in [6, 6.07) is 0.325. The predicted molar refractivity (Wildman–Crippen MR) is 81.0 cm³/mol. The van der Waals surface area contributed by atoms with Crippen molar-refractivity contribution in [3.63, 3.8) is 0 Å². The SMILES string of the molecule is CCCOc1nc(NCC)nc(NCCOCCOC)n1. The lowest BCUT2D eigenvalue weighted by atomic mass is 10.5. The smallest absolute Gasteiger partial charge is 0.323 e. The summed E-state index contributed by atoms with van der Waals surface area (Å²) in [7, 11) is 1.65. The Kier molecular flexibility index (Phi) is 9.14. The van der Waals surface area contributed by atoms with Crippen LogP contribution in [0, 0.1) is 0 Å². The molecule has 0 radical (unpaired) electrons. The lowest BCUT2D eigenvalue weighted by Crippen LogP contribution is -2.15. The quantitative estimate of drug-likeness (QED) is 0.556. The standard InChI is InChI=1S/C13H25N5O3/c1-4-7-21-13-17-11(14-5-2)16-12(18-13)15-6-8-20-10-9-19-3/h4-10H2,1-3H3,(H2,14,15,16,17,18). The molecular weight excluding hydrogens is 274 g/mol. The minimum Gasteiger partial charge on any atom is -0.463 e. The van der Waals surface area contributed by atoms with Gasteiger partial charge in [0.05, 0.1) is 26.4 Å². The molecular formula is C13H25N5O3. The second kappa shape index (κ2) is 11.0. The van der Waals surface area contributed by atoms with Gasteiger partial charge in [-0.1, -0.05) is 6.92 Å². The zero-order chi connectivity index (χ0) is 15.3. The van der Waals surface area contributed by atoms with Crippen LogP contribution >= 0.6 is 0 Å². The van der Waals surface area contributed by atoms with Crippen LogP contribution in [0.3, 0.4) is 0 Å². The number of aromatic nitrogens is 3. The van der Waals surface area contributed by atoms with Gasteiger partial charge in [-0.25, -0.2) is 0 Å². The van der Waals surface area contributed by atoms with Crippen molar-refractivity contribution in [2.75, 3.05) is 57.3 Å². The van der Waals surface area contributed by atoms with Gasteiger partial charge in [0.25, 0.3) is 0 Å². The molecule has 0 saturated carbocycles. The first kappa shape index (κ1) is 17.4. The molecule has 2 N–H and O–H groups in total. The third-order valence-electron chi connectivity index (χ3n) is 2.35. The van der Waals surface area contributed by atoms with Crippen molar-refractivity contribution in [2.45, 2.75) is 20.3 Å². The van der Waals surface area contributed by atoms with Crippen LogP contribution in [-0.2, 0) is 9.47 Å². The van der Waals surface area contributed by atoms with E-state index in [0.717, 1.165) is 13.0 Å². The highest BCUT2D eigenvalue weighted by Crippen LogP contribution is 2.11. The van der Waals surface area contributed by atoms with Crippen LogP contribution in [0.4, 0.5) is 11.9 Å². The van der Waals surface area contributed by atoms with Gasteiger partial charge < -0.3 is 24.8 Å². The van der Waals surface area contributed by atoms with E-state index in [0.29, 0.717) is 50.9 Å². The van der Waals surface area contributed by atoms with Crippen LogP contribution < -0.4 is 15.4 Å². The second-order valence-electron chi connectivity index (χ2n) is 4.18. The molecule has 0 bridgehead atoms. The number of rotatable bonds is 12. The molecule has 0 saturated heterocycles. The first-order valence-corrected chi connectivity index (χ1v) is 7.23. The number of nitrogens with zero attached hydrogens (tertiary/aromatic N) is 3. The Hall–Kier alpha value is -1.67. The van der Waals surface area contributed by atoms with Crippen molar-refractivity contribution in [1.29, 1.82) is 0 Å². The predicted octanol–water partition coefficient (Wildman–Crippen LogP) is 1.17. The van der Waals surface area contributed by atoms with Crippen molar-refractivity contribution in [1.82, 2.24) is 15.0 Å². The zero-order valence-corrected chi connectivity index (χ0v) is 13.0. The van der Waals surface area contributed by atoms with Crippen LogP contribution in [0.5, 0.6) is 6.01 Å². The van der Waals surface area contributed by atoms with E-state index in [9.17, 15) is 0 Å². The fourth-order valence-corrected chi connectivity index (χ4v) is 1.41. The van der Waals surface area contributed by atoms with E-state index in [1.807, 2.05) is 13.8 Å². The summed E-state index contributed by atoms with van der Waals surface area (Å²) in [4.78, 5) is 12.7. The van der Waals surface area contributed by atoms with Crippen molar-refractivity contribution in [3.05, 3.63) is 0 Å². The average molecular weight is 299 g/mol. The summed E-state index contributed by atoms with van der Waals surface area (Å²) in [5.74, 6) is 0.976. The zero-order valence-electron chi connectivity index (χ0n) is 13.0.